The summed E-state index contributed by atoms with van der Waals surface area (Å²) in [4.78, 5) is 68.3. The zero-order valence-electron chi connectivity index (χ0n) is 23.7. The molecule has 1 aromatic rings. The number of nitrogens with zero attached hydrogens (tertiary/aromatic N) is 1. The molecule has 0 aliphatic carbocycles. The number of hydrogen-bond donors (Lipinski definition) is 5. The summed E-state index contributed by atoms with van der Waals surface area (Å²) in [6.45, 7) is 2.38. The first-order chi connectivity index (χ1) is 18.2. The fourth-order valence-electron chi connectivity index (χ4n) is 3.32. The molecular formula is C23H37ClN6O5S. The molecule has 5 N–H and O–H groups in total. The van der Waals surface area contributed by atoms with Gasteiger partial charge in [-0.15, -0.1) is 23.4 Å². The van der Waals surface area contributed by atoms with E-state index in [4.69, 9.17) is 15.7 Å². The van der Waals surface area contributed by atoms with Crippen LogP contribution in [0.2, 0.25) is 0 Å². The topological polar surface area (TPSA) is 162 Å². The number of nitrogens with one attached hydrogen (secondary N) is 5. The van der Waals surface area contributed by atoms with E-state index in [-0.39, 0.29) is 54.5 Å². The number of hydrogen-bond acceptors (Lipinski definition) is 7. The molecular weight excluding hydrogens is 508 g/mol. The Bertz CT molecular complexity index is 965. The third-order valence-electron chi connectivity index (χ3n) is 4.87. The van der Waals surface area contributed by atoms with E-state index >= 15 is 0 Å². The molecule has 36 heavy (non-hydrogen) atoms. The molecule has 0 radical (unpaired) electrons. The number of thioether (sulfide) groups is 1. The van der Waals surface area contributed by atoms with Crippen molar-refractivity contribution in [3.8, 4) is 0 Å². The number of alkyl halides is 1. The smallest absolute Gasteiger partial charge is 0.242 e. The molecule has 202 valence electrons. The molecule has 3 atom stereocenters. The summed E-state index contributed by atoms with van der Waals surface area (Å²) in [5.74, 6) is -2.43. The van der Waals surface area contributed by atoms with E-state index in [1.54, 1.807) is 6.20 Å². The maximum absolute atomic E-state index is 12.9. The average molecular weight is 548 g/mol. The number of aromatic nitrogens is 2. The Morgan fingerprint density at radius 1 is 1.17 bits per heavy atom. The SMILES string of the molecule is [2H]C([2H])([2H])CNC(=O)[C@H](CCCNC(=O)CSC(c1cnc[nH]1)[C@H](NC(C)=O)C(=O)CC(C)C)NC(=O)CCl. The van der Waals surface area contributed by atoms with E-state index in [1.165, 1.54) is 25.0 Å². The lowest BCUT2D eigenvalue weighted by molar-refractivity contribution is -0.128. The normalized spacial score (nSPS) is 15.0. The number of amides is 4. The Morgan fingerprint density at radius 2 is 1.92 bits per heavy atom. The summed E-state index contributed by atoms with van der Waals surface area (Å²) in [6, 6.07) is -1.87. The molecule has 4 amide bonds. The van der Waals surface area contributed by atoms with E-state index < -0.39 is 42.5 Å². The molecule has 0 aromatic carbocycles. The van der Waals surface area contributed by atoms with Gasteiger partial charge in [-0.1, -0.05) is 13.8 Å². The van der Waals surface area contributed by atoms with Crippen molar-refractivity contribution >= 4 is 52.8 Å². The van der Waals surface area contributed by atoms with Crippen LogP contribution in [0.4, 0.5) is 0 Å². The van der Waals surface area contributed by atoms with Crippen LogP contribution >= 0.6 is 23.4 Å². The van der Waals surface area contributed by atoms with Gasteiger partial charge >= 0.3 is 0 Å². The number of carbonyl (C=O) groups excluding carboxylic acids is 5. The van der Waals surface area contributed by atoms with Gasteiger partial charge in [-0.25, -0.2) is 4.98 Å². The van der Waals surface area contributed by atoms with Crippen LogP contribution in [0.15, 0.2) is 12.5 Å². The predicted molar refractivity (Wildman–Crippen MR) is 139 cm³/mol. The number of halogens is 1. The molecule has 13 heteroatoms. The van der Waals surface area contributed by atoms with Gasteiger partial charge in [-0.2, -0.15) is 0 Å². The van der Waals surface area contributed by atoms with E-state index in [1.807, 2.05) is 13.8 Å². The summed E-state index contributed by atoms with van der Waals surface area (Å²) in [6.07, 6.45) is 3.68. The van der Waals surface area contributed by atoms with Crippen molar-refractivity contribution in [2.75, 3.05) is 24.7 Å². The van der Waals surface area contributed by atoms with Crippen molar-refractivity contribution < 1.29 is 28.1 Å². The van der Waals surface area contributed by atoms with Crippen LogP contribution < -0.4 is 21.3 Å². The highest BCUT2D eigenvalue weighted by Crippen LogP contribution is 2.32. The number of rotatable bonds is 17. The maximum atomic E-state index is 12.9. The highest BCUT2D eigenvalue weighted by atomic mass is 35.5. The standard InChI is InChI=1S/C23H37ClN6O5S/c1-5-26-23(35)16(30-19(33)10-24)7-6-8-27-20(34)12-36-22(17-11-25-13-28-17)21(29-15(4)31)18(32)9-14(2)3/h11,13-14,16,21-22H,5-10,12H2,1-4H3,(H,25,28)(H,26,35)(H,27,34)(H,29,31)(H,30,33)/t16-,21+,22?/m0/s1/i1D3. The van der Waals surface area contributed by atoms with Gasteiger partial charge in [0.1, 0.15) is 18.0 Å². The van der Waals surface area contributed by atoms with Gasteiger partial charge in [-0.3, -0.25) is 24.0 Å². The van der Waals surface area contributed by atoms with Crippen molar-refractivity contribution in [2.45, 2.75) is 64.2 Å². The minimum atomic E-state index is -2.37. The molecule has 0 aliphatic heterocycles. The Hall–Kier alpha value is -2.60. The molecule has 1 heterocycles. The lowest BCUT2D eigenvalue weighted by atomic mass is 9.98. The van der Waals surface area contributed by atoms with Crippen LogP contribution in [0.25, 0.3) is 0 Å². The van der Waals surface area contributed by atoms with Crippen LogP contribution in [0.5, 0.6) is 0 Å². The van der Waals surface area contributed by atoms with E-state index in [9.17, 15) is 24.0 Å². The summed E-state index contributed by atoms with van der Waals surface area (Å²) < 4.78 is 21.6. The maximum Gasteiger partial charge on any atom is 0.242 e. The Kier molecular flexibility index (Phi) is 12.5. The Morgan fingerprint density at radius 3 is 2.50 bits per heavy atom. The number of imidazole rings is 1. The number of aromatic amines is 1. The van der Waals surface area contributed by atoms with Gasteiger partial charge in [-0.05, 0) is 25.6 Å². The first-order valence-electron chi connectivity index (χ1n) is 13.0. The second-order valence-electron chi connectivity index (χ2n) is 8.44. The number of carbonyl (C=O) groups is 5. The van der Waals surface area contributed by atoms with Gasteiger partial charge in [0, 0.05) is 36.7 Å². The van der Waals surface area contributed by atoms with Crippen LogP contribution in [-0.4, -0.2) is 76.2 Å². The third-order valence-corrected chi connectivity index (χ3v) is 6.42. The zero-order chi connectivity index (χ0) is 29.6. The van der Waals surface area contributed by atoms with Crippen molar-refractivity contribution in [3.63, 3.8) is 0 Å². The molecule has 1 aromatic heterocycles. The second-order valence-corrected chi connectivity index (χ2v) is 9.84. The molecule has 1 rings (SSSR count). The molecule has 0 spiro atoms. The largest absolute Gasteiger partial charge is 0.355 e. The van der Waals surface area contributed by atoms with Gasteiger partial charge < -0.3 is 26.3 Å². The van der Waals surface area contributed by atoms with Crippen molar-refractivity contribution in [2.24, 2.45) is 5.92 Å². The second kappa shape index (κ2) is 17.0. The molecule has 11 nitrogen and oxygen atoms in total. The fraction of sp³-hybridized carbons (Fsp3) is 0.652. The highest BCUT2D eigenvalue weighted by Gasteiger charge is 2.32. The number of Topliss-reactive ketones (excluding diaryl/α,β-unsaturated/α-hetero) is 1. The van der Waals surface area contributed by atoms with Crippen LogP contribution in [0, 0.1) is 5.92 Å². The summed E-state index contributed by atoms with van der Waals surface area (Å²) in [5, 5.41) is 9.57. The van der Waals surface area contributed by atoms with E-state index in [2.05, 4.69) is 31.2 Å². The summed E-state index contributed by atoms with van der Waals surface area (Å²) in [7, 11) is 0. The van der Waals surface area contributed by atoms with Gasteiger partial charge in [0.25, 0.3) is 0 Å². The van der Waals surface area contributed by atoms with E-state index in [0.29, 0.717) is 12.1 Å². The molecule has 1 unspecified atom stereocenters. The van der Waals surface area contributed by atoms with Crippen LogP contribution in [0.3, 0.4) is 0 Å². The molecule has 0 fully saturated rings. The molecule has 0 saturated carbocycles. The zero-order valence-corrected chi connectivity index (χ0v) is 22.3. The summed E-state index contributed by atoms with van der Waals surface area (Å²) in [5.41, 5.74) is 0.588. The number of likely N-dealkylation sites (N-methyl/N-ethyl adjacent to an activating group) is 1. The highest BCUT2D eigenvalue weighted by molar-refractivity contribution is 8.00. The van der Waals surface area contributed by atoms with Gasteiger partial charge in [0.2, 0.25) is 23.6 Å². The lowest BCUT2D eigenvalue weighted by Gasteiger charge is -2.26. The summed E-state index contributed by atoms with van der Waals surface area (Å²) >= 11 is 6.68. The first kappa shape index (κ1) is 26.5. The quantitative estimate of drug-likeness (QED) is 0.144. The van der Waals surface area contributed by atoms with Crippen LogP contribution in [0.1, 0.15) is 61.9 Å². The van der Waals surface area contributed by atoms with Crippen molar-refractivity contribution in [1.82, 2.24) is 31.2 Å². The average Bonchev–Trinajstić information content (AvgIpc) is 3.37. The number of H-pyrrole nitrogens is 1. The minimum absolute atomic E-state index is 0.0276. The molecule has 0 aliphatic rings. The minimum Gasteiger partial charge on any atom is -0.355 e. The van der Waals surface area contributed by atoms with Crippen molar-refractivity contribution in [1.29, 1.82) is 0 Å². The Balaban J connectivity index is 2.73. The van der Waals surface area contributed by atoms with Crippen molar-refractivity contribution in [3.05, 3.63) is 18.2 Å². The first-order valence-corrected chi connectivity index (χ1v) is 13.1. The van der Waals surface area contributed by atoms with Gasteiger partial charge in [0.05, 0.1) is 23.0 Å². The lowest BCUT2D eigenvalue weighted by Crippen LogP contribution is -2.47. The predicted octanol–water partition coefficient (Wildman–Crippen LogP) is 1.06. The molecule has 0 bridgehead atoms. The molecule has 0 saturated heterocycles. The Labute approximate surface area is 225 Å². The van der Waals surface area contributed by atoms with Crippen LogP contribution in [-0.2, 0) is 24.0 Å². The third kappa shape index (κ3) is 11.9. The number of ketones is 1. The fourth-order valence-corrected chi connectivity index (χ4v) is 4.55. The van der Waals surface area contributed by atoms with Gasteiger partial charge in [0.15, 0.2) is 5.78 Å². The van der Waals surface area contributed by atoms with E-state index in [0.717, 1.165) is 0 Å². The monoisotopic (exact) mass is 547 g/mol.